The van der Waals surface area contributed by atoms with E-state index in [-0.39, 0.29) is 11.9 Å². The molecule has 23 heavy (non-hydrogen) atoms. The third-order valence-electron chi connectivity index (χ3n) is 4.33. The number of aromatic nitrogens is 2. The second-order valence-electron chi connectivity index (χ2n) is 5.84. The van der Waals surface area contributed by atoms with E-state index in [1.54, 1.807) is 30.5 Å². The third-order valence-corrected chi connectivity index (χ3v) is 4.33. The number of imidazole rings is 1. The van der Waals surface area contributed by atoms with E-state index < -0.39 is 0 Å². The van der Waals surface area contributed by atoms with Gasteiger partial charge in [-0.25, -0.2) is 4.98 Å². The fourth-order valence-corrected chi connectivity index (χ4v) is 2.94. The summed E-state index contributed by atoms with van der Waals surface area (Å²) in [4.78, 5) is 21.2. The molecule has 2 aromatic rings. The normalized spacial score (nSPS) is 18.7. The van der Waals surface area contributed by atoms with Gasteiger partial charge in [0, 0.05) is 44.6 Å². The lowest BCUT2D eigenvalue weighted by molar-refractivity contribution is 0.0529. The minimum absolute atomic E-state index is 0.0330. The van der Waals surface area contributed by atoms with Crippen LogP contribution in [0, 0.1) is 11.3 Å². The number of likely N-dealkylation sites (N-methyl/N-ethyl adjacent to an activating group) is 1. The summed E-state index contributed by atoms with van der Waals surface area (Å²) in [5.41, 5.74) is 1.07. The monoisotopic (exact) mass is 309 g/mol. The van der Waals surface area contributed by atoms with E-state index in [0.29, 0.717) is 24.2 Å². The number of benzene rings is 1. The molecule has 1 amide bonds. The number of hydrogen-bond donors (Lipinski definition) is 0. The second kappa shape index (κ2) is 6.23. The van der Waals surface area contributed by atoms with Crippen molar-refractivity contribution in [3.8, 4) is 6.07 Å². The highest BCUT2D eigenvalue weighted by molar-refractivity contribution is 5.94. The van der Waals surface area contributed by atoms with Gasteiger partial charge in [-0.1, -0.05) is 6.07 Å². The lowest BCUT2D eigenvalue weighted by atomic mass is 10.1. The Morgan fingerprint density at radius 1 is 1.35 bits per heavy atom. The van der Waals surface area contributed by atoms with Gasteiger partial charge in [0.05, 0.1) is 17.7 Å². The van der Waals surface area contributed by atoms with Crippen LogP contribution in [0.5, 0.6) is 0 Å². The highest BCUT2D eigenvalue weighted by Crippen LogP contribution is 2.23. The van der Waals surface area contributed by atoms with Gasteiger partial charge in [0.1, 0.15) is 5.82 Å². The molecule has 1 atom stereocenters. The Morgan fingerprint density at radius 3 is 2.87 bits per heavy atom. The van der Waals surface area contributed by atoms with Crippen LogP contribution in [0.1, 0.15) is 27.8 Å². The number of carbonyl (C=O) groups excluding carboxylic acids is 1. The van der Waals surface area contributed by atoms with E-state index in [9.17, 15) is 4.79 Å². The molecule has 0 radical (unpaired) electrons. The van der Waals surface area contributed by atoms with Crippen molar-refractivity contribution in [3.05, 3.63) is 53.6 Å². The minimum Gasteiger partial charge on any atom is -0.337 e. The van der Waals surface area contributed by atoms with Crippen LogP contribution in [0.25, 0.3) is 0 Å². The quantitative estimate of drug-likeness (QED) is 0.841. The molecule has 1 aromatic carbocycles. The second-order valence-corrected chi connectivity index (χ2v) is 5.84. The zero-order valence-electron chi connectivity index (χ0n) is 13.3. The topological polar surface area (TPSA) is 65.2 Å². The van der Waals surface area contributed by atoms with Gasteiger partial charge in [-0.05, 0) is 25.2 Å². The predicted octanol–water partition coefficient (Wildman–Crippen LogP) is 1.42. The summed E-state index contributed by atoms with van der Waals surface area (Å²) in [6.45, 7) is 2.06. The van der Waals surface area contributed by atoms with Crippen LogP contribution in [0.4, 0.5) is 0 Å². The van der Waals surface area contributed by atoms with E-state index in [0.717, 1.165) is 12.4 Å². The molecule has 0 aliphatic carbocycles. The van der Waals surface area contributed by atoms with Crippen LogP contribution >= 0.6 is 0 Å². The fourth-order valence-electron chi connectivity index (χ4n) is 2.94. The molecule has 1 aliphatic heterocycles. The average Bonchev–Trinajstić information content (AvgIpc) is 3.00. The number of nitriles is 1. The molecule has 6 heteroatoms. The van der Waals surface area contributed by atoms with Gasteiger partial charge < -0.3 is 9.47 Å². The van der Waals surface area contributed by atoms with Crippen LogP contribution < -0.4 is 0 Å². The number of rotatable bonds is 2. The summed E-state index contributed by atoms with van der Waals surface area (Å²) in [5, 5.41) is 8.99. The van der Waals surface area contributed by atoms with Crippen molar-refractivity contribution in [3.63, 3.8) is 0 Å². The maximum atomic E-state index is 12.7. The van der Waals surface area contributed by atoms with E-state index in [4.69, 9.17) is 5.26 Å². The van der Waals surface area contributed by atoms with Gasteiger partial charge >= 0.3 is 0 Å². The summed E-state index contributed by atoms with van der Waals surface area (Å²) >= 11 is 0. The lowest BCUT2D eigenvalue weighted by Gasteiger charge is -2.39. The number of piperazine rings is 1. The molecule has 2 heterocycles. The van der Waals surface area contributed by atoms with Gasteiger partial charge in [-0.2, -0.15) is 5.26 Å². The van der Waals surface area contributed by atoms with Crippen molar-refractivity contribution >= 4 is 5.91 Å². The van der Waals surface area contributed by atoms with Crippen molar-refractivity contribution in [2.24, 2.45) is 7.05 Å². The van der Waals surface area contributed by atoms with E-state index in [2.05, 4.69) is 23.0 Å². The standard InChI is InChI=1S/C17H19N5O/c1-20-8-9-22(12-15(20)16-19-6-7-21(16)2)17(23)14-5-3-4-13(10-14)11-18/h3-7,10,15H,8-9,12H2,1-2H3/t15-/m0/s1. The maximum Gasteiger partial charge on any atom is 0.254 e. The van der Waals surface area contributed by atoms with Gasteiger partial charge in [-0.15, -0.1) is 0 Å². The van der Waals surface area contributed by atoms with Gasteiger partial charge in [-0.3, -0.25) is 9.69 Å². The first-order chi connectivity index (χ1) is 11.1. The number of aryl methyl sites for hydroxylation is 1. The van der Waals surface area contributed by atoms with Crippen molar-refractivity contribution in [1.82, 2.24) is 19.4 Å². The molecule has 1 saturated heterocycles. The summed E-state index contributed by atoms with van der Waals surface area (Å²) in [7, 11) is 4.02. The van der Waals surface area contributed by atoms with Crippen LogP contribution in [0.3, 0.4) is 0 Å². The van der Waals surface area contributed by atoms with E-state index >= 15 is 0 Å². The zero-order valence-corrected chi connectivity index (χ0v) is 13.3. The smallest absolute Gasteiger partial charge is 0.254 e. The summed E-state index contributed by atoms with van der Waals surface area (Å²) in [6.07, 6.45) is 3.70. The van der Waals surface area contributed by atoms with Crippen LogP contribution in [0.15, 0.2) is 36.7 Å². The molecule has 1 fully saturated rings. The maximum absolute atomic E-state index is 12.7. The van der Waals surface area contributed by atoms with E-state index in [1.807, 2.05) is 22.7 Å². The first kappa shape index (κ1) is 15.3. The number of hydrogen-bond acceptors (Lipinski definition) is 4. The molecular weight excluding hydrogens is 290 g/mol. The average molecular weight is 309 g/mol. The molecule has 1 aliphatic rings. The lowest BCUT2D eigenvalue weighted by Crippen LogP contribution is -2.49. The van der Waals surface area contributed by atoms with Crippen molar-refractivity contribution < 1.29 is 4.79 Å². The molecule has 0 N–H and O–H groups in total. The highest BCUT2D eigenvalue weighted by Gasteiger charge is 2.31. The van der Waals surface area contributed by atoms with Crippen molar-refractivity contribution in [2.45, 2.75) is 6.04 Å². The van der Waals surface area contributed by atoms with Crippen LogP contribution in [0.2, 0.25) is 0 Å². The van der Waals surface area contributed by atoms with Crippen LogP contribution in [-0.4, -0.2) is 51.9 Å². The highest BCUT2D eigenvalue weighted by atomic mass is 16.2. The fraction of sp³-hybridized carbons (Fsp3) is 0.353. The Labute approximate surface area is 135 Å². The Hall–Kier alpha value is -2.65. The molecule has 1 aromatic heterocycles. The summed E-state index contributed by atoms with van der Waals surface area (Å²) < 4.78 is 1.99. The summed E-state index contributed by atoms with van der Waals surface area (Å²) in [6, 6.07) is 9.02. The predicted molar refractivity (Wildman–Crippen MR) is 85.6 cm³/mol. The molecule has 0 saturated carbocycles. The zero-order chi connectivity index (χ0) is 16.4. The first-order valence-corrected chi connectivity index (χ1v) is 7.57. The molecule has 0 spiro atoms. The number of amides is 1. The Kier molecular flexibility index (Phi) is 4.13. The van der Waals surface area contributed by atoms with Crippen LogP contribution in [-0.2, 0) is 7.05 Å². The molecular formula is C17H19N5O. The third kappa shape index (κ3) is 2.96. The SMILES string of the molecule is CN1CCN(C(=O)c2cccc(C#N)c2)C[C@H]1c1nccn1C. The molecule has 6 nitrogen and oxygen atoms in total. The number of carbonyl (C=O) groups is 1. The number of nitrogens with zero attached hydrogens (tertiary/aromatic N) is 5. The largest absolute Gasteiger partial charge is 0.337 e. The molecule has 0 unspecified atom stereocenters. The van der Waals surface area contributed by atoms with Gasteiger partial charge in [0.2, 0.25) is 0 Å². The Balaban J connectivity index is 1.82. The van der Waals surface area contributed by atoms with E-state index in [1.165, 1.54) is 0 Å². The van der Waals surface area contributed by atoms with Gasteiger partial charge in [0.15, 0.2) is 0 Å². The van der Waals surface area contributed by atoms with Gasteiger partial charge in [0.25, 0.3) is 5.91 Å². The van der Waals surface area contributed by atoms with Crippen molar-refractivity contribution in [2.75, 3.05) is 26.7 Å². The molecule has 0 bridgehead atoms. The minimum atomic E-state index is -0.0330. The van der Waals surface area contributed by atoms with Crippen molar-refractivity contribution in [1.29, 1.82) is 5.26 Å². The Morgan fingerprint density at radius 2 is 2.17 bits per heavy atom. The first-order valence-electron chi connectivity index (χ1n) is 7.57. The molecule has 3 rings (SSSR count). The Bertz CT molecular complexity index is 760. The molecule has 118 valence electrons. The summed E-state index contributed by atoms with van der Waals surface area (Å²) in [5.74, 6) is 0.921.